The highest BCUT2D eigenvalue weighted by molar-refractivity contribution is 5.33. The Bertz CT molecular complexity index is 441. The van der Waals surface area contributed by atoms with Crippen LogP contribution in [-0.2, 0) is 6.54 Å². The van der Waals surface area contributed by atoms with Gasteiger partial charge in [0.15, 0.2) is 0 Å². The fraction of sp³-hybridized carbons (Fsp3) is 0.733. The topological polar surface area (TPSA) is 55.0 Å². The van der Waals surface area contributed by atoms with Crippen LogP contribution in [0.15, 0.2) is 6.07 Å². The monoisotopic (exact) mass is 260 g/mol. The molecule has 2 fully saturated rings. The summed E-state index contributed by atoms with van der Waals surface area (Å²) in [6, 6.07) is 1.98. The van der Waals surface area contributed by atoms with Crippen LogP contribution >= 0.6 is 0 Å². The molecule has 1 aliphatic carbocycles. The molecule has 0 atom stereocenters. The maximum absolute atomic E-state index is 5.70. The first kappa shape index (κ1) is 12.9. The van der Waals surface area contributed by atoms with Crippen molar-refractivity contribution in [2.75, 3.05) is 18.0 Å². The molecular formula is C15H24N4. The fourth-order valence-corrected chi connectivity index (χ4v) is 3.67. The summed E-state index contributed by atoms with van der Waals surface area (Å²) in [6.07, 6.45) is 8.34. The van der Waals surface area contributed by atoms with Gasteiger partial charge < -0.3 is 10.6 Å². The molecule has 1 aromatic rings. The van der Waals surface area contributed by atoms with E-state index in [0.29, 0.717) is 12.0 Å². The van der Waals surface area contributed by atoms with Gasteiger partial charge in [-0.25, -0.2) is 9.97 Å². The molecule has 4 heteroatoms. The van der Waals surface area contributed by atoms with Crippen molar-refractivity contribution in [3.05, 3.63) is 17.5 Å². The highest BCUT2D eigenvalue weighted by Gasteiger charge is 2.37. The molecule has 1 aromatic heterocycles. The Morgan fingerprint density at radius 2 is 1.84 bits per heavy atom. The molecule has 19 heavy (non-hydrogen) atoms. The first-order valence-corrected chi connectivity index (χ1v) is 7.50. The minimum Gasteiger partial charge on any atom is -0.341 e. The molecule has 2 N–H and O–H groups in total. The van der Waals surface area contributed by atoms with Crippen molar-refractivity contribution < 1.29 is 0 Å². The SMILES string of the molecule is Cc1cc(CN)nc(N2CCC3(CCCC3)CC2)n1. The van der Waals surface area contributed by atoms with Crippen LogP contribution in [0.1, 0.15) is 49.9 Å². The summed E-state index contributed by atoms with van der Waals surface area (Å²) >= 11 is 0. The van der Waals surface area contributed by atoms with Crippen molar-refractivity contribution in [1.29, 1.82) is 0 Å². The van der Waals surface area contributed by atoms with Gasteiger partial charge in [-0.3, -0.25) is 0 Å². The van der Waals surface area contributed by atoms with E-state index in [4.69, 9.17) is 5.73 Å². The second-order valence-electron chi connectivity index (χ2n) is 6.20. The van der Waals surface area contributed by atoms with Gasteiger partial charge in [0.1, 0.15) is 0 Å². The molecule has 1 spiro atoms. The highest BCUT2D eigenvalue weighted by Crippen LogP contribution is 2.46. The molecule has 3 rings (SSSR count). The molecule has 0 amide bonds. The maximum Gasteiger partial charge on any atom is 0.225 e. The first-order chi connectivity index (χ1) is 9.21. The standard InChI is InChI=1S/C15H24N4/c1-12-10-13(11-16)18-14(17-12)19-8-6-15(7-9-19)4-2-3-5-15/h10H,2-9,11,16H2,1H3. The zero-order chi connectivity index (χ0) is 13.3. The number of aryl methyl sites for hydroxylation is 1. The van der Waals surface area contributed by atoms with Crippen molar-refractivity contribution in [2.45, 2.75) is 52.0 Å². The highest BCUT2D eigenvalue weighted by atomic mass is 15.3. The van der Waals surface area contributed by atoms with E-state index in [1.807, 2.05) is 13.0 Å². The van der Waals surface area contributed by atoms with Crippen molar-refractivity contribution in [3.63, 3.8) is 0 Å². The summed E-state index contributed by atoms with van der Waals surface area (Å²) in [5.74, 6) is 0.883. The van der Waals surface area contributed by atoms with Gasteiger partial charge in [0, 0.05) is 25.3 Å². The van der Waals surface area contributed by atoms with Crippen LogP contribution in [0.2, 0.25) is 0 Å². The minimum atomic E-state index is 0.494. The second-order valence-corrected chi connectivity index (χ2v) is 6.20. The third-order valence-corrected chi connectivity index (χ3v) is 4.88. The molecule has 4 nitrogen and oxygen atoms in total. The normalized spacial score (nSPS) is 22.1. The van der Waals surface area contributed by atoms with E-state index in [1.54, 1.807) is 0 Å². The molecule has 1 saturated carbocycles. The van der Waals surface area contributed by atoms with Crippen LogP contribution < -0.4 is 10.6 Å². The Morgan fingerprint density at radius 1 is 1.16 bits per heavy atom. The van der Waals surface area contributed by atoms with Gasteiger partial charge >= 0.3 is 0 Å². The molecular weight excluding hydrogens is 236 g/mol. The van der Waals surface area contributed by atoms with Gasteiger partial charge in [0.05, 0.1) is 5.69 Å². The summed E-state index contributed by atoms with van der Waals surface area (Å²) in [6.45, 7) is 4.72. The Kier molecular flexibility index (Phi) is 3.44. The van der Waals surface area contributed by atoms with Gasteiger partial charge in [-0.05, 0) is 44.1 Å². The number of hydrogen-bond donors (Lipinski definition) is 1. The van der Waals surface area contributed by atoms with Gasteiger partial charge in [-0.2, -0.15) is 0 Å². The Labute approximate surface area is 115 Å². The summed E-state index contributed by atoms with van der Waals surface area (Å²) in [7, 11) is 0. The van der Waals surface area contributed by atoms with Gasteiger partial charge in [-0.15, -0.1) is 0 Å². The smallest absolute Gasteiger partial charge is 0.225 e. The molecule has 0 aromatic carbocycles. The largest absolute Gasteiger partial charge is 0.341 e. The first-order valence-electron chi connectivity index (χ1n) is 7.50. The average molecular weight is 260 g/mol. The summed E-state index contributed by atoms with van der Waals surface area (Å²) in [4.78, 5) is 11.5. The Balaban J connectivity index is 1.72. The zero-order valence-corrected chi connectivity index (χ0v) is 11.9. The van der Waals surface area contributed by atoms with Crippen LogP contribution in [0.5, 0.6) is 0 Å². The van der Waals surface area contributed by atoms with Crippen LogP contribution in [0.25, 0.3) is 0 Å². The van der Waals surface area contributed by atoms with Gasteiger partial charge in [-0.1, -0.05) is 12.8 Å². The van der Waals surface area contributed by atoms with Crippen molar-refractivity contribution >= 4 is 5.95 Å². The number of aromatic nitrogens is 2. The molecule has 1 aliphatic heterocycles. The van der Waals surface area contributed by atoms with Crippen LogP contribution in [0.3, 0.4) is 0 Å². The fourth-order valence-electron chi connectivity index (χ4n) is 3.67. The summed E-state index contributed by atoms with van der Waals surface area (Å²) in [5, 5.41) is 0. The second kappa shape index (κ2) is 5.08. The maximum atomic E-state index is 5.70. The van der Waals surface area contributed by atoms with Crippen molar-refractivity contribution in [1.82, 2.24) is 9.97 Å². The van der Waals surface area contributed by atoms with E-state index in [9.17, 15) is 0 Å². The van der Waals surface area contributed by atoms with Crippen LogP contribution in [0, 0.1) is 12.3 Å². The van der Waals surface area contributed by atoms with E-state index in [0.717, 1.165) is 30.4 Å². The Morgan fingerprint density at radius 3 is 2.47 bits per heavy atom. The molecule has 0 radical (unpaired) electrons. The Hall–Kier alpha value is -1.16. The van der Waals surface area contributed by atoms with Gasteiger partial charge in [0.25, 0.3) is 0 Å². The molecule has 2 aliphatic rings. The summed E-state index contributed by atoms with van der Waals surface area (Å²) in [5.41, 5.74) is 8.32. The zero-order valence-electron chi connectivity index (χ0n) is 11.9. The van der Waals surface area contributed by atoms with E-state index in [1.165, 1.54) is 38.5 Å². The van der Waals surface area contributed by atoms with Gasteiger partial charge in [0.2, 0.25) is 5.95 Å². The number of anilines is 1. The molecule has 0 bridgehead atoms. The van der Waals surface area contributed by atoms with E-state index < -0.39 is 0 Å². The molecule has 0 unspecified atom stereocenters. The molecule has 2 heterocycles. The quantitative estimate of drug-likeness (QED) is 0.887. The number of nitrogens with two attached hydrogens (primary N) is 1. The summed E-state index contributed by atoms with van der Waals surface area (Å²) < 4.78 is 0. The lowest BCUT2D eigenvalue weighted by Crippen LogP contribution is -2.39. The minimum absolute atomic E-state index is 0.494. The molecule has 1 saturated heterocycles. The number of nitrogens with zero attached hydrogens (tertiary/aromatic N) is 3. The van der Waals surface area contributed by atoms with E-state index in [-0.39, 0.29) is 0 Å². The van der Waals surface area contributed by atoms with E-state index >= 15 is 0 Å². The van der Waals surface area contributed by atoms with Crippen molar-refractivity contribution in [2.24, 2.45) is 11.1 Å². The van der Waals surface area contributed by atoms with E-state index in [2.05, 4.69) is 14.9 Å². The number of hydrogen-bond acceptors (Lipinski definition) is 4. The lowest BCUT2D eigenvalue weighted by molar-refractivity contribution is 0.225. The molecule has 104 valence electrons. The lowest BCUT2D eigenvalue weighted by atomic mass is 9.77. The number of rotatable bonds is 2. The lowest BCUT2D eigenvalue weighted by Gasteiger charge is -2.39. The predicted octanol–water partition coefficient (Wildman–Crippen LogP) is 2.40. The third kappa shape index (κ3) is 2.59. The van der Waals surface area contributed by atoms with Crippen LogP contribution in [0.4, 0.5) is 5.95 Å². The predicted molar refractivity (Wildman–Crippen MR) is 77.0 cm³/mol. The van der Waals surface area contributed by atoms with Crippen LogP contribution in [-0.4, -0.2) is 23.1 Å². The third-order valence-electron chi connectivity index (χ3n) is 4.88. The number of piperidine rings is 1. The van der Waals surface area contributed by atoms with Crippen molar-refractivity contribution in [3.8, 4) is 0 Å². The average Bonchev–Trinajstić information content (AvgIpc) is 2.87.